The number of hydrogen-bond donors (Lipinski definition) is 1. The predicted molar refractivity (Wildman–Crippen MR) is 73.9 cm³/mol. The Morgan fingerprint density at radius 3 is 2.47 bits per heavy atom. The number of rotatable bonds is 3. The highest BCUT2D eigenvalue weighted by Crippen LogP contribution is 2.41. The van der Waals surface area contributed by atoms with Gasteiger partial charge in [-0.1, -0.05) is 50.6 Å². The van der Waals surface area contributed by atoms with Gasteiger partial charge in [-0.2, -0.15) is 0 Å². The van der Waals surface area contributed by atoms with Crippen LogP contribution in [0.15, 0.2) is 30.3 Å². The van der Waals surface area contributed by atoms with E-state index in [2.05, 4.69) is 44.2 Å². The van der Waals surface area contributed by atoms with Gasteiger partial charge < -0.3 is 5.73 Å². The molecule has 0 spiro atoms. The molecular weight excluding hydrogens is 206 g/mol. The maximum absolute atomic E-state index is 6.58. The van der Waals surface area contributed by atoms with Gasteiger partial charge in [0.25, 0.3) is 0 Å². The van der Waals surface area contributed by atoms with Crippen molar-refractivity contribution < 1.29 is 0 Å². The topological polar surface area (TPSA) is 26.0 Å². The van der Waals surface area contributed by atoms with Crippen LogP contribution in [0.5, 0.6) is 0 Å². The first kappa shape index (κ1) is 12.6. The van der Waals surface area contributed by atoms with Crippen molar-refractivity contribution in [1.29, 1.82) is 0 Å². The van der Waals surface area contributed by atoms with Crippen LogP contribution in [0.1, 0.15) is 51.5 Å². The number of aryl methyl sites for hydroxylation is 1. The summed E-state index contributed by atoms with van der Waals surface area (Å²) in [6.07, 6.45) is 7.24. The van der Waals surface area contributed by atoms with E-state index >= 15 is 0 Å². The predicted octanol–water partition coefficient (Wildman–Crippen LogP) is 3.92. The fourth-order valence-electron chi connectivity index (χ4n) is 3.30. The smallest absolute Gasteiger partial charge is 0.0162 e. The fourth-order valence-corrected chi connectivity index (χ4v) is 3.30. The van der Waals surface area contributed by atoms with Crippen LogP contribution in [0.2, 0.25) is 0 Å². The second-order valence-corrected chi connectivity index (χ2v) is 6.54. The fraction of sp³-hybridized carbons (Fsp3) is 0.625. The maximum atomic E-state index is 6.58. The highest BCUT2D eigenvalue weighted by Gasteiger charge is 2.36. The van der Waals surface area contributed by atoms with E-state index in [4.69, 9.17) is 5.73 Å². The SMILES string of the molecule is CC1(C)CCCC(N)(CCc2ccccc2)C1. The van der Waals surface area contributed by atoms with E-state index in [0.29, 0.717) is 5.41 Å². The lowest BCUT2D eigenvalue weighted by Crippen LogP contribution is -2.47. The Balaban J connectivity index is 1.94. The molecule has 1 atom stereocenters. The van der Waals surface area contributed by atoms with Gasteiger partial charge in [0.2, 0.25) is 0 Å². The van der Waals surface area contributed by atoms with Crippen molar-refractivity contribution in [3.05, 3.63) is 35.9 Å². The molecule has 1 aliphatic rings. The lowest BCUT2D eigenvalue weighted by molar-refractivity contribution is 0.144. The van der Waals surface area contributed by atoms with Gasteiger partial charge in [0, 0.05) is 5.54 Å². The standard InChI is InChI=1S/C16H25N/c1-15(2)10-6-11-16(17,13-15)12-9-14-7-4-3-5-8-14/h3-5,7-8H,6,9-13,17H2,1-2H3. The lowest BCUT2D eigenvalue weighted by Gasteiger charge is -2.42. The van der Waals surface area contributed by atoms with Crippen molar-refractivity contribution >= 4 is 0 Å². The van der Waals surface area contributed by atoms with Gasteiger partial charge in [-0.3, -0.25) is 0 Å². The van der Waals surface area contributed by atoms with Crippen molar-refractivity contribution in [2.45, 2.75) is 57.9 Å². The van der Waals surface area contributed by atoms with E-state index in [-0.39, 0.29) is 5.54 Å². The molecule has 17 heavy (non-hydrogen) atoms. The normalized spacial score (nSPS) is 27.9. The molecule has 94 valence electrons. The molecule has 1 aromatic rings. The molecule has 1 aromatic carbocycles. The minimum Gasteiger partial charge on any atom is -0.325 e. The molecule has 1 fully saturated rings. The van der Waals surface area contributed by atoms with Gasteiger partial charge in [-0.15, -0.1) is 0 Å². The first-order valence-electron chi connectivity index (χ1n) is 6.82. The maximum Gasteiger partial charge on any atom is 0.0162 e. The molecular formula is C16H25N. The van der Waals surface area contributed by atoms with Gasteiger partial charge in [-0.05, 0) is 43.1 Å². The zero-order chi connectivity index (χ0) is 12.4. The Morgan fingerprint density at radius 1 is 1.12 bits per heavy atom. The largest absolute Gasteiger partial charge is 0.325 e. The summed E-state index contributed by atoms with van der Waals surface area (Å²) in [5, 5.41) is 0. The van der Waals surface area contributed by atoms with E-state index < -0.39 is 0 Å². The molecule has 0 amide bonds. The van der Waals surface area contributed by atoms with Gasteiger partial charge in [0.1, 0.15) is 0 Å². The molecule has 0 radical (unpaired) electrons. The van der Waals surface area contributed by atoms with E-state index in [0.717, 1.165) is 12.8 Å². The Bertz CT molecular complexity index is 355. The lowest BCUT2D eigenvalue weighted by atomic mass is 9.67. The molecule has 0 saturated heterocycles. The van der Waals surface area contributed by atoms with Crippen molar-refractivity contribution in [3.63, 3.8) is 0 Å². The summed E-state index contributed by atoms with van der Waals surface area (Å²) in [5.74, 6) is 0. The van der Waals surface area contributed by atoms with Crippen LogP contribution < -0.4 is 5.73 Å². The summed E-state index contributed by atoms with van der Waals surface area (Å²) in [6, 6.07) is 10.7. The first-order chi connectivity index (χ1) is 7.99. The summed E-state index contributed by atoms with van der Waals surface area (Å²) < 4.78 is 0. The molecule has 1 aliphatic carbocycles. The van der Waals surface area contributed by atoms with Crippen LogP contribution in [0.4, 0.5) is 0 Å². The zero-order valence-electron chi connectivity index (χ0n) is 11.2. The minimum atomic E-state index is 0.0671. The average Bonchev–Trinajstić information content (AvgIpc) is 2.26. The number of benzene rings is 1. The summed E-state index contributed by atoms with van der Waals surface area (Å²) in [4.78, 5) is 0. The first-order valence-corrected chi connectivity index (χ1v) is 6.82. The van der Waals surface area contributed by atoms with Gasteiger partial charge in [-0.25, -0.2) is 0 Å². The second kappa shape index (κ2) is 4.81. The highest BCUT2D eigenvalue weighted by atomic mass is 14.8. The van der Waals surface area contributed by atoms with E-state index in [1.54, 1.807) is 0 Å². The summed E-state index contributed by atoms with van der Waals surface area (Å²) in [5.41, 5.74) is 8.50. The van der Waals surface area contributed by atoms with Crippen molar-refractivity contribution in [2.24, 2.45) is 11.1 Å². The van der Waals surface area contributed by atoms with Crippen molar-refractivity contribution in [2.75, 3.05) is 0 Å². The quantitative estimate of drug-likeness (QED) is 0.838. The summed E-state index contributed by atoms with van der Waals surface area (Å²) in [6.45, 7) is 4.71. The molecule has 0 bridgehead atoms. The summed E-state index contributed by atoms with van der Waals surface area (Å²) >= 11 is 0. The molecule has 0 aliphatic heterocycles. The van der Waals surface area contributed by atoms with E-state index in [1.807, 2.05) is 0 Å². The zero-order valence-corrected chi connectivity index (χ0v) is 11.2. The van der Waals surface area contributed by atoms with E-state index in [9.17, 15) is 0 Å². The van der Waals surface area contributed by atoms with Crippen LogP contribution in [0.25, 0.3) is 0 Å². The van der Waals surface area contributed by atoms with Crippen molar-refractivity contribution in [1.82, 2.24) is 0 Å². The van der Waals surface area contributed by atoms with Gasteiger partial charge >= 0.3 is 0 Å². The van der Waals surface area contributed by atoms with E-state index in [1.165, 1.54) is 31.2 Å². The monoisotopic (exact) mass is 231 g/mol. The molecule has 2 N–H and O–H groups in total. The van der Waals surface area contributed by atoms with Crippen LogP contribution >= 0.6 is 0 Å². The Kier molecular flexibility index (Phi) is 3.58. The minimum absolute atomic E-state index is 0.0671. The molecule has 1 nitrogen and oxygen atoms in total. The molecule has 0 aromatic heterocycles. The Labute approximate surface area is 105 Å². The Hall–Kier alpha value is -0.820. The number of nitrogens with two attached hydrogens (primary N) is 1. The molecule has 0 heterocycles. The second-order valence-electron chi connectivity index (χ2n) is 6.54. The molecule has 1 unspecified atom stereocenters. The van der Waals surface area contributed by atoms with Crippen LogP contribution in [-0.2, 0) is 6.42 Å². The molecule has 1 saturated carbocycles. The van der Waals surface area contributed by atoms with Crippen LogP contribution in [0, 0.1) is 5.41 Å². The molecule has 1 heteroatoms. The van der Waals surface area contributed by atoms with Crippen LogP contribution in [-0.4, -0.2) is 5.54 Å². The van der Waals surface area contributed by atoms with Crippen molar-refractivity contribution in [3.8, 4) is 0 Å². The Morgan fingerprint density at radius 2 is 1.82 bits per heavy atom. The summed E-state index contributed by atoms with van der Waals surface area (Å²) in [7, 11) is 0. The number of hydrogen-bond acceptors (Lipinski definition) is 1. The van der Waals surface area contributed by atoms with Crippen LogP contribution in [0.3, 0.4) is 0 Å². The third kappa shape index (κ3) is 3.57. The van der Waals surface area contributed by atoms with Gasteiger partial charge in [0.15, 0.2) is 0 Å². The molecule has 2 rings (SSSR count). The third-order valence-electron chi connectivity index (χ3n) is 4.11. The third-order valence-corrected chi connectivity index (χ3v) is 4.11. The highest BCUT2D eigenvalue weighted by molar-refractivity contribution is 5.15. The average molecular weight is 231 g/mol. The van der Waals surface area contributed by atoms with Gasteiger partial charge in [0.05, 0.1) is 0 Å².